The van der Waals surface area contributed by atoms with Crippen LogP contribution in [-0.4, -0.2) is 16.2 Å². The van der Waals surface area contributed by atoms with Crippen LogP contribution in [0.3, 0.4) is 0 Å². The number of phenols is 1. The van der Waals surface area contributed by atoms with Crippen molar-refractivity contribution >= 4 is 10.9 Å². The standard InChI is InChI=1S/C13H15FN2O/c1-2-7-16-8-9(5-6-15)12-11(17)4-3-10(14)13(12)16/h2-4,8,17H,1,5-7,15H2. The zero-order valence-electron chi connectivity index (χ0n) is 9.49. The van der Waals surface area contributed by atoms with Gasteiger partial charge in [0.15, 0.2) is 0 Å². The van der Waals surface area contributed by atoms with Crippen molar-refractivity contribution in [3.63, 3.8) is 0 Å². The number of hydrogen-bond acceptors (Lipinski definition) is 2. The topological polar surface area (TPSA) is 51.2 Å². The van der Waals surface area contributed by atoms with Gasteiger partial charge in [-0.05, 0) is 30.7 Å². The van der Waals surface area contributed by atoms with Crippen molar-refractivity contribution in [2.75, 3.05) is 6.54 Å². The molecule has 0 atom stereocenters. The summed E-state index contributed by atoms with van der Waals surface area (Å²) in [6, 6.07) is 2.64. The molecule has 3 N–H and O–H groups in total. The van der Waals surface area contributed by atoms with Gasteiger partial charge in [0.2, 0.25) is 0 Å². The third-order valence-corrected chi connectivity index (χ3v) is 2.77. The first-order valence-electron chi connectivity index (χ1n) is 5.49. The molecule has 0 unspecified atom stereocenters. The van der Waals surface area contributed by atoms with Gasteiger partial charge < -0.3 is 15.4 Å². The van der Waals surface area contributed by atoms with Crippen LogP contribution >= 0.6 is 0 Å². The Kier molecular flexibility index (Phi) is 3.15. The van der Waals surface area contributed by atoms with Gasteiger partial charge in [0.25, 0.3) is 0 Å². The smallest absolute Gasteiger partial charge is 0.147 e. The van der Waals surface area contributed by atoms with Crippen molar-refractivity contribution in [3.8, 4) is 5.75 Å². The predicted octanol–water partition coefficient (Wildman–Crippen LogP) is 2.17. The van der Waals surface area contributed by atoms with Crippen LogP contribution in [0, 0.1) is 5.82 Å². The number of nitrogens with zero attached hydrogens (tertiary/aromatic N) is 1. The Labute approximate surface area is 99.0 Å². The molecule has 0 fully saturated rings. The number of nitrogens with two attached hydrogens (primary N) is 1. The maximum Gasteiger partial charge on any atom is 0.147 e. The Morgan fingerprint density at radius 2 is 2.24 bits per heavy atom. The van der Waals surface area contributed by atoms with E-state index in [0.717, 1.165) is 5.56 Å². The highest BCUT2D eigenvalue weighted by molar-refractivity contribution is 5.90. The van der Waals surface area contributed by atoms with Gasteiger partial charge in [-0.3, -0.25) is 0 Å². The number of hydrogen-bond donors (Lipinski definition) is 2. The molecule has 1 heterocycles. The Bertz CT molecular complexity index is 560. The summed E-state index contributed by atoms with van der Waals surface area (Å²) in [7, 11) is 0. The van der Waals surface area contributed by atoms with Crippen molar-refractivity contribution in [3.05, 3.63) is 42.4 Å². The van der Waals surface area contributed by atoms with Gasteiger partial charge in [-0.1, -0.05) is 6.08 Å². The number of allylic oxidation sites excluding steroid dienone is 1. The highest BCUT2D eigenvalue weighted by atomic mass is 19.1. The van der Waals surface area contributed by atoms with Gasteiger partial charge in [-0.15, -0.1) is 6.58 Å². The van der Waals surface area contributed by atoms with Gasteiger partial charge in [0, 0.05) is 18.1 Å². The molecular formula is C13H15FN2O. The zero-order chi connectivity index (χ0) is 12.4. The lowest BCUT2D eigenvalue weighted by atomic mass is 10.1. The predicted molar refractivity (Wildman–Crippen MR) is 66.5 cm³/mol. The molecular weight excluding hydrogens is 219 g/mol. The van der Waals surface area contributed by atoms with E-state index in [1.54, 1.807) is 10.6 Å². The van der Waals surface area contributed by atoms with E-state index in [4.69, 9.17) is 5.73 Å². The minimum atomic E-state index is -0.345. The summed E-state index contributed by atoms with van der Waals surface area (Å²) >= 11 is 0. The molecule has 0 amide bonds. The Balaban J connectivity index is 2.75. The van der Waals surface area contributed by atoms with Gasteiger partial charge in [-0.2, -0.15) is 0 Å². The van der Waals surface area contributed by atoms with Crippen LogP contribution in [0.5, 0.6) is 5.75 Å². The summed E-state index contributed by atoms with van der Waals surface area (Å²) in [5, 5.41) is 10.4. The van der Waals surface area contributed by atoms with E-state index < -0.39 is 0 Å². The number of rotatable bonds is 4. The maximum absolute atomic E-state index is 13.8. The molecule has 0 aliphatic heterocycles. The molecule has 0 aliphatic carbocycles. The fraction of sp³-hybridized carbons (Fsp3) is 0.231. The highest BCUT2D eigenvalue weighted by Crippen LogP contribution is 2.32. The van der Waals surface area contributed by atoms with Gasteiger partial charge >= 0.3 is 0 Å². The van der Waals surface area contributed by atoms with Crippen LogP contribution in [0.25, 0.3) is 10.9 Å². The molecule has 17 heavy (non-hydrogen) atoms. The molecule has 0 radical (unpaired) electrons. The summed E-state index contributed by atoms with van der Waals surface area (Å²) in [6.07, 6.45) is 4.12. The van der Waals surface area contributed by atoms with Crippen LogP contribution in [-0.2, 0) is 13.0 Å². The first-order chi connectivity index (χ1) is 8.19. The van der Waals surface area contributed by atoms with Crippen molar-refractivity contribution in [2.24, 2.45) is 5.73 Å². The quantitative estimate of drug-likeness (QED) is 0.796. The van der Waals surface area contributed by atoms with Crippen LogP contribution in [0.2, 0.25) is 0 Å². The molecule has 4 heteroatoms. The second kappa shape index (κ2) is 4.59. The highest BCUT2D eigenvalue weighted by Gasteiger charge is 2.14. The summed E-state index contributed by atoms with van der Waals surface area (Å²) in [4.78, 5) is 0. The molecule has 2 rings (SSSR count). The van der Waals surface area contributed by atoms with Gasteiger partial charge in [-0.25, -0.2) is 4.39 Å². The number of halogens is 1. The molecule has 1 aromatic carbocycles. The van der Waals surface area contributed by atoms with Crippen LogP contribution in [0.15, 0.2) is 31.0 Å². The lowest BCUT2D eigenvalue weighted by Gasteiger charge is -2.03. The maximum atomic E-state index is 13.8. The van der Waals surface area contributed by atoms with Crippen molar-refractivity contribution in [2.45, 2.75) is 13.0 Å². The van der Waals surface area contributed by atoms with Gasteiger partial charge in [0.1, 0.15) is 11.6 Å². The third-order valence-electron chi connectivity index (χ3n) is 2.77. The van der Waals surface area contributed by atoms with E-state index in [9.17, 15) is 9.50 Å². The number of aromatic hydroxyl groups is 1. The molecule has 3 nitrogen and oxygen atoms in total. The van der Waals surface area contributed by atoms with E-state index in [0.29, 0.717) is 30.4 Å². The van der Waals surface area contributed by atoms with Crippen LogP contribution < -0.4 is 5.73 Å². The van der Waals surface area contributed by atoms with E-state index >= 15 is 0 Å². The average Bonchev–Trinajstić information content (AvgIpc) is 2.65. The summed E-state index contributed by atoms with van der Waals surface area (Å²) in [6.45, 7) is 4.60. The molecule has 2 aromatic rings. The molecule has 0 aliphatic rings. The van der Waals surface area contributed by atoms with Crippen molar-refractivity contribution in [1.29, 1.82) is 0 Å². The fourth-order valence-corrected chi connectivity index (χ4v) is 2.10. The lowest BCUT2D eigenvalue weighted by Crippen LogP contribution is -2.02. The summed E-state index contributed by atoms with van der Waals surface area (Å²) < 4.78 is 15.5. The Morgan fingerprint density at radius 1 is 1.47 bits per heavy atom. The Morgan fingerprint density at radius 3 is 2.88 bits per heavy atom. The number of benzene rings is 1. The van der Waals surface area contributed by atoms with Crippen LogP contribution in [0.4, 0.5) is 4.39 Å². The number of phenolic OH excluding ortho intramolecular Hbond substituents is 1. The minimum absolute atomic E-state index is 0.0904. The van der Waals surface area contributed by atoms with Crippen LogP contribution in [0.1, 0.15) is 5.56 Å². The third kappa shape index (κ3) is 1.91. The first-order valence-corrected chi connectivity index (χ1v) is 5.49. The number of fused-ring (bicyclic) bond motifs is 1. The molecule has 1 aromatic heterocycles. The monoisotopic (exact) mass is 234 g/mol. The summed E-state index contributed by atoms with van der Waals surface area (Å²) in [5.41, 5.74) is 6.79. The number of aromatic nitrogens is 1. The largest absolute Gasteiger partial charge is 0.507 e. The molecule has 0 spiro atoms. The Hall–Kier alpha value is -1.81. The zero-order valence-corrected chi connectivity index (χ0v) is 9.49. The first kappa shape index (κ1) is 11.7. The summed E-state index contributed by atoms with van der Waals surface area (Å²) in [5.74, 6) is -0.254. The van der Waals surface area contributed by atoms with E-state index in [1.165, 1.54) is 12.1 Å². The van der Waals surface area contributed by atoms with E-state index in [2.05, 4.69) is 6.58 Å². The SMILES string of the molecule is C=CCn1cc(CCN)c2c(O)ccc(F)c21. The van der Waals surface area contributed by atoms with Crippen molar-refractivity contribution in [1.82, 2.24) is 4.57 Å². The van der Waals surface area contributed by atoms with E-state index in [-0.39, 0.29) is 11.6 Å². The lowest BCUT2D eigenvalue weighted by molar-refractivity contribution is 0.480. The second-order valence-corrected chi connectivity index (χ2v) is 3.92. The molecule has 0 saturated carbocycles. The van der Waals surface area contributed by atoms with Crippen molar-refractivity contribution < 1.29 is 9.50 Å². The van der Waals surface area contributed by atoms with Gasteiger partial charge in [0.05, 0.1) is 5.52 Å². The fourth-order valence-electron chi connectivity index (χ4n) is 2.10. The molecule has 0 bridgehead atoms. The normalized spacial score (nSPS) is 10.9. The average molecular weight is 234 g/mol. The second-order valence-electron chi connectivity index (χ2n) is 3.92. The molecule has 0 saturated heterocycles. The molecule has 90 valence electrons. The minimum Gasteiger partial charge on any atom is -0.507 e. The van der Waals surface area contributed by atoms with E-state index in [1.807, 2.05) is 6.20 Å².